The van der Waals surface area contributed by atoms with Crippen molar-refractivity contribution < 1.29 is 13.2 Å². The lowest BCUT2D eigenvalue weighted by Gasteiger charge is -2.10. The van der Waals surface area contributed by atoms with Crippen molar-refractivity contribution in [3.05, 3.63) is 23.9 Å². The van der Waals surface area contributed by atoms with Crippen molar-refractivity contribution in [2.75, 3.05) is 0 Å². The summed E-state index contributed by atoms with van der Waals surface area (Å²) in [5, 5.41) is 9.15. The number of halogens is 3. The Hall–Kier alpha value is -1.22. The molecule has 0 aliphatic rings. The SMILES string of the molecule is CCC(CC#N)Sc1ccc(C(F)(F)F)cn1. The Bertz CT molecular complexity index is 395. The summed E-state index contributed by atoms with van der Waals surface area (Å²) in [5.41, 5.74) is -0.754. The number of pyridine rings is 1. The molecule has 0 bridgehead atoms. The van der Waals surface area contributed by atoms with Gasteiger partial charge in [0, 0.05) is 17.9 Å². The molecule has 1 aromatic rings. The van der Waals surface area contributed by atoms with E-state index < -0.39 is 11.7 Å². The zero-order chi connectivity index (χ0) is 12.9. The third-order valence-electron chi connectivity index (χ3n) is 2.13. The molecule has 0 aliphatic heterocycles. The highest BCUT2D eigenvalue weighted by Gasteiger charge is 2.30. The van der Waals surface area contributed by atoms with Gasteiger partial charge >= 0.3 is 6.18 Å². The number of hydrogen-bond donors (Lipinski definition) is 0. The molecule has 0 saturated heterocycles. The Morgan fingerprint density at radius 3 is 2.59 bits per heavy atom. The van der Waals surface area contributed by atoms with E-state index >= 15 is 0 Å². The van der Waals surface area contributed by atoms with Crippen molar-refractivity contribution in [3.8, 4) is 6.07 Å². The van der Waals surface area contributed by atoms with E-state index in [2.05, 4.69) is 4.98 Å². The fraction of sp³-hybridized carbons (Fsp3) is 0.455. The van der Waals surface area contributed by atoms with Gasteiger partial charge in [0.2, 0.25) is 0 Å². The normalized spacial score (nSPS) is 13.1. The molecule has 0 aromatic carbocycles. The second-order valence-corrected chi connectivity index (χ2v) is 4.71. The highest BCUT2D eigenvalue weighted by atomic mass is 32.2. The van der Waals surface area contributed by atoms with Crippen molar-refractivity contribution in [2.24, 2.45) is 0 Å². The maximum Gasteiger partial charge on any atom is 0.417 e. The highest BCUT2D eigenvalue weighted by Crippen LogP contribution is 2.31. The Kier molecular flexibility index (Phi) is 4.82. The lowest BCUT2D eigenvalue weighted by atomic mass is 10.3. The number of nitriles is 1. The number of hydrogen-bond acceptors (Lipinski definition) is 3. The van der Waals surface area contributed by atoms with Crippen LogP contribution in [-0.4, -0.2) is 10.2 Å². The fourth-order valence-electron chi connectivity index (χ4n) is 1.16. The van der Waals surface area contributed by atoms with Crippen LogP contribution < -0.4 is 0 Å². The van der Waals surface area contributed by atoms with E-state index in [0.29, 0.717) is 11.4 Å². The van der Waals surface area contributed by atoms with E-state index in [-0.39, 0.29) is 5.25 Å². The van der Waals surface area contributed by atoms with Crippen LogP contribution in [0.1, 0.15) is 25.3 Å². The Balaban J connectivity index is 2.72. The number of aromatic nitrogens is 1. The van der Waals surface area contributed by atoms with Gasteiger partial charge in [0.25, 0.3) is 0 Å². The third-order valence-corrected chi connectivity index (χ3v) is 3.44. The summed E-state index contributed by atoms with van der Waals surface area (Å²) < 4.78 is 36.8. The second kappa shape index (κ2) is 5.92. The molecule has 17 heavy (non-hydrogen) atoms. The standard InChI is InChI=1S/C11H11F3N2S/c1-2-9(5-6-15)17-10-4-3-8(7-16-10)11(12,13)14/h3-4,7,9H,2,5H2,1H3. The molecule has 6 heteroatoms. The third kappa shape index (κ3) is 4.27. The Labute approximate surface area is 102 Å². The van der Waals surface area contributed by atoms with Crippen LogP contribution in [0.3, 0.4) is 0 Å². The first-order chi connectivity index (χ1) is 7.97. The predicted molar refractivity (Wildman–Crippen MR) is 59.4 cm³/mol. The summed E-state index contributed by atoms with van der Waals surface area (Å²) in [6, 6.07) is 4.40. The summed E-state index contributed by atoms with van der Waals surface area (Å²) in [6.07, 6.45) is -2.39. The summed E-state index contributed by atoms with van der Waals surface area (Å²) in [5.74, 6) is 0. The van der Waals surface area contributed by atoms with Gasteiger partial charge in [0.15, 0.2) is 0 Å². The quantitative estimate of drug-likeness (QED) is 0.771. The van der Waals surface area contributed by atoms with Crippen molar-refractivity contribution in [2.45, 2.75) is 36.2 Å². The smallest absolute Gasteiger partial charge is 0.249 e. The van der Waals surface area contributed by atoms with E-state index in [1.165, 1.54) is 17.8 Å². The van der Waals surface area contributed by atoms with Crippen LogP contribution in [0.2, 0.25) is 0 Å². The van der Waals surface area contributed by atoms with E-state index in [1.54, 1.807) is 0 Å². The summed E-state index contributed by atoms with van der Waals surface area (Å²) >= 11 is 1.33. The molecule has 0 saturated carbocycles. The average molecular weight is 260 g/mol. The van der Waals surface area contributed by atoms with Crippen LogP contribution in [0.4, 0.5) is 13.2 Å². The molecule has 0 radical (unpaired) electrons. The number of rotatable bonds is 4. The van der Waals surface area contributed by atoms with Gasteiger partial charge < -0.3 is 0 Å². The van der Waals surface area contributed by atoms with Crippen molar-refractivity contribution in [3.63, 3.8) is 0 Å². The lowest BCUT2D eigenvalue weighted by molar-refractivity contribution is -0.137. The molecule has 0 aliphatic carbocycles. The van der Waals surface area contributed by atoms with E-state index in [9.17, 15) is 13.2 Å². The Morgan fingerprint density at radius 1 is 1.47 bits per heavy atom. The van der Waals surface area contributed by atoms with Crippen molar-refractivity contribution in [1.82, 2.24) is 4.98 Å². The first-order valence-corrected chi connectivity index (χ1v) is 5.92. The van der Waals surface area contributed by atoms with Gasteiger partial charge in [0.05, 0.1) is 16.7 Å². The molecular formula is C11H11F3N2S. The molecule has 2 nitrogen and oxygen atoms in total. The number of nitrogens with zero attached hydrogens (tertiary/aromatic N) is 2. The van der Waals surface area contributed by atoms with Gasteiger partial charge in [-0.25, -0.2) is 4.98 Å². The van der Waals surface area contributed by atoms with Crippen LogP contribution in [0.15, 0.2) is 23.4 Å². The first-order valence-electron chi connectivity index (χ1n) is 5.04. The molecule has 0 spiro atoms. The maximum absolute atomic E-state index is 12.3. The van der Waals surface area contributed by atoms with Crippen LogP contribution >= 0.6 is 11.8 Å². The molecule has 1 atom stereocenters. The van der Waals surface area contributed by atoms with Gasteiger partial charge in [-0.1, -0.05) is 6.92 Å². The summed E-state index contributed by atoms with van der Waals surface area (Å²) in [7, 11) is 0. The largest absolute Gasteiger partial charge is 0.417 e. The molecule has 0 amide bonds. The van der Waals surface area contributed by atoms with E-state index in [4.69, 9.17) is 5.26 Å². The van der Waals surface area contributed by atoms with Gasteiger partial charge in [0.1, 0.15) is 0 Å². The number of alkyl halides is 3. The monoisotopic (exact) mass is 260 g/mol. The lowest BCUT2D eigenvalue weighted by Crippen LogP contribution is -2.06. The molecule has 0 fully saturated rings. The molecule has 0 N–H and O–H groups in total. The Morgan fingerprint density at radius 2 is 2.18 bits per heavy atom. The average Bonchev–Trinajstić information content (AvgIpc) is 2.28. The highest BCUT2D eigenvalue weighted by molar-refractivity contribution is 7.99. The van der Waals surface area contributed by atoms with E-state index in [0.717, 1.165) is 18.7 Å². The second-order valence-electron chi connectivity index (χ2n) is 3.39. The minimum absolute atomic E-state index is 0.0734. The molecule has 1 heterocycles. The molecule has 92 valence electrons. The molecular weight excluding hydrogens is 249 g/mol. The zero-order valence-corrected chi connectivity index (χ0v) is 9.98. The fourth-order valence-corrected chi connectivity index (χ4v) is 2.09. The predicted octanol–water partition coefficient (Wildman–Crippen LogP) is 3.88. The molecule has 1 unspecified atom stereocenters. The topological polar surface area (TPSA) is 36.7 Å². The van der Waals surface area contributed by atoms with Crippen LogP contribution in [-0.2, 0) is 6.18 Å². The van der Waals surface area contributed by atoms with Gasteiger partial charge in [-0.2, -0.15) is 18.4 Å². The molecule has 1 rings (SSSR count). The zero-order valence-electron chi connectivity index (χ0n) is 9.16. The van der Waals surface area contributed by atoms with Crippen molar-refractivity contribution >= 4 is 11.8 Å². The molecule has 1 aromatic heterocycles. The van der Waals surface area contributed by atoms with Gasteiger partial charge in [-0.05, 0) is 18.6 Å². The summed E-state index contributed by atoms with van der Waals surface area (Å²) in [6.45, 7) is 1.93. The van der Waals surface area contributed by atoms with Crippen LogP contribution in [0.5, 0.6) is 0 Å². The van der Waals surface area contributed by atoms with Gasteiger partial charge in [-0.15, -0.1) is 11.8 Å². The first kappa shape index (κ1) is 13.8. The van der Waals surface area contributed by atoms with E-state index in [1.807, 2.05) is 13.0 Å². The minimum atomic E-state index is -4.35. The minimum Gasteiger partial charge on any atom is -0.249 e. The van der Waals surface area contributed by atoms with Crippen LogP contribution in [0, 0.1) is 11.3 Å². The maximum atomic E-state index is 12.3. The summed E-state index contributed by atoms with van der Waals surface area (Å²) in [4.78, 5) is 3.75. The van der Waals surface area contributed by atoms with Crippen LogP contribution in [0.25, 0.3) is 0 Å². The number of thioether (sulfide) groups is 1. The van der Waals surface area contributed by atoms with Gasteiger partial charge in [-0.3, -0.25) is 0 Å². The van der Waals surface area contributed by atoms with Crippen molar-refractivity contribution in [1.29, 1.82) is 5.26 Å².